The van der Waals surface area contributed by atoms with E-state index in [1.54, 1.807) is 0 Å². The Balaban J connectivity index is 1.30. The second kappa shape index (κ2) is 16.9. The molecule has 5 rings (SSSR count). The lowest BCUT2D eigenvalue weighted by Gasteiger charge is -2.31. The summed E-state index contributed by atoms with van der Waals surface area (Å²) < 4.78 is 31.3. The molecule has 2 heterocycles. The van der Waals surface area contributed by atoms with Crippen LogP contribution >= 0.6 is 0 Å². The molecule has 1 saturated carbocycles. The quantitative estimate of drug-likeness (QED) is 0.189. The van der Waals surface area contributed by atoms with Crippen LogP contribution in [0.2, 0.25) is 0 Å². The van der Waals surface area contributed by atoms with E-state index in [0.29, 0.717) is 25.0 Å². The Kier molecular flexibility index (Phi) is 12.8. The number of hydrogen-bond acceptors (Lipinski definition) is 6. The smallest absolute Gasteiger partial charge is 0.158 e. The molecule has 236 valence electrons. The molecule has 0 bridgehead atoms. The highest BCUT2D eigenvalue weighted by Crippen LogP contribution is 2.50. The van der Waals surface area contributed by atoms with E-state index < -0.39 is 0 Å². The number of hydrogen-bond donors (Lipinski definition) is 1. The fourth-order valence-corrected chi connectivity index (χ4v) is 7.12. The van der Waals surface area contributed by atoms with Crippen LogP contribution in [0.5, 0.6) is 0 Å². The molecule has 3 fully saturated rings. The average Bonchev–Trinajstić information content (AvgIpc) is 3.59. The van der Waals surface area contributed by atoms with Crippen molar-refractivity contribution >= 4 is 0 Å². The third kappa shape index (κ3) is 9.26. The number of ether oxygens (including phenoxy) is 5. The van der Waals surface area contributed by atoms with Crippen LogP contribution in [-0.2, 0) is 30.3 Å². The summed E-state index contributed by atoms with van der Waals surface area (Å²) in [6, 6.07) is 10.2. The molecular formula is C37H52O6. The molecule has 2 aliphatic heterocycles. The van der Waals surface area contributed by atoms with Crippen molar-refractivity contribution in [2.75, 3.05) is 26.4 Å². The molecule has 2 saturated heterocycles. The Hall–Kier alpha value is -1.98. The van der Waals surface area contributed by atoms with Crippen molar-refractivity contribution in [2.24, 2.45) is 29.6 Å². The molecule has 4 aliphatic rings. The molecule has 1 N–H and O–H groups in total. The van der Waals surface area contributed by atoms with Crippen LogP contribution in [0.15, 0.2) is 54.1 Å². The van der Waals surface area contributed by atoms with Crippen LogP contribution in [0.1, 0.15) is 77.2 Å². The first-order valence-electron chi connectivity index (χ1n) is 16.7. The molecule has 9 atom stereocenters. The third-order valence-electron chi connectivity index (χ3n) is 9.63. The Labute approximate surface area is 259 Å². The van der Waals surface area contributed by atoms with E-state index in [1.165, 1.54) is 5.57 Å². The van der Waals surface area contributed by atoms with Crippen molar-refractivity contribution in [3.8, 4) is 11.8 Å². The van der Waals surface area contributed by atoms with Gasteiger partial charge < -0.3 is 28.8 Å². The monoisotopic (exact) mass is 592 g/mol. The summed E-state index contributed by atoms with van der Waals surface area (Å²) in [5, 5.41) is 10.3. The molecule has 4 unspecified atom stereocenters. The van der Waals surface area contributed by atoms with Crippen molar-refractivity contribution in [2.45, 2.75) is 103 Å². The van der Waals surface area contributed by atoms with Gasteiger partial charge in [0.15, 0.2) is 12.6 Å². The minimum absolute atomic E-state index is 0.0205. The van der Waals surface area contributed by atoms with Crippen molar-refractivity contribution in [3.63, 3.8) is 0 Å². The van der Waals surface area contributed by atoms with Gasteiger partial charge in [-0.25, -0.2) is 0 Å². The summed E-state index contributed by atoms with van der Waals surface area (Å²) in [5.41, 5.74) is 2.48. The van der Waals surface area contributed by atoms with Crippen LogP contribution in [-0.4, -0.2) is 56.3 Å². The molecule has 6 heteroatoms. The second-order valence-electron chi connectivity index (χ2n) is 12.8. The molecule has 0 aromatic heterocycles. The number of benzene rings is 1. The van der Waals surface area contributed by atoms with E-state index in [0.717, 1.165) is 76.6 Å². The normalized spacial score (nSPS) is 31.2. The van der Waals surface area contributed by atoms with E-state index in [9.17, 15) is 5.11 Å². The van der Waals surface area contributed by atoms with Crippen molar-refractivity contribution in [3.05, 3.63) is 59.7 Å². The molecule has 0 radical (unpaired) electrons. The minimum Gasteiger partial charge on any atom is -0.396 e. The van der Waals surface area contributed by atoms with Crippen LogP contribution in [0.25, 0.3) is 0 Å². The van der Waals surface area contributed by atoms with Gasteiger partial charge in [0, 0.05) is 31.5 Å². The topological polar surface area (TPSA) is 66.4 Å². The Bertz CT molecular complexity index is 1080. The highest BCUT2D eigenvalue weighted by atomic mass is 16.7. The Morgan fingerprint density at radius 3 is 2.51 bits per heavy atom. The van der Waals surface area contributed by atoms with E-state index in [4.69, 9.17) is 23.7 Å². The maximum absolute atomic E-state index is 10.3. The summed E-state index contributed by atoms with van der Waals surface area (Å²) in [6.07, 6.45) is 16.0. The number of fused-ring (bicyclic) bond motifs is 1. The highest BCUT2D eigenvalue weighted by Gasteiger charge is 2.46. The van der Waals surface area contributed by atoms with Gasteiger partial charge in [-0.2, -0.15) is 0 Å². The largest absolute Gasteiger partial charge is 0.396 e. The fraction of sp³-hybridized carbons (Fsp3) is 0.676. The fourth-order valence-electron chi connectivity index (χ4n) is 7.12. The predicted molar refractivity (Wildman–Crippen MR) is 168 cm³/mol. The molecule has 0 spiro atoms. The number of aliphatic hydroxyl groups is 1. The van der Waals surface area contributed by atoms with E-state index in [1.807, 2.05) is 25.1 Å². The summed E-state index contributed by atoms with van der Waals surface area (Å²) in [5.74, 6) is 7.65. The zero-order valence-corrected chi connectivity index (χ0v) is 26.2. The molecule has 6 nitrogen and oxygen atoms in total. The van der Waals surface area contributed by atoms with Crippen LogP contribution < -0.4 is 0 Å². The summed E-state index contributed by atoms with van der Waals surface area (Å²) in [7, 11) is 0. The Morgan fingerprint density at radius 1 is 1.05 bits per heavy atom. The Morgan fingerprint density at radius 2 is 1.81 bits per heavy atom. The zero-order chi connectivity index (χ0) is 29.9. The van der Waals surface area contributed by atoms with Gasteiger partial charge in [0.25, 0.3) is 0 Å². The molecule has 1 aromatic rings. The maximum Gasteiger partial charge on any atom is 0.158 e. The maximum atomic E-state index is 10.3. The lowest BCUT2D eigenvalue weighted by atomic mass is 9.90. The number of aliphatic hydroxyl groups excluding tert-OH is 1. The summed E-state index contributed by atoms with van der Waals surface area (Å²) in [6.45, 7) is 6.86. The first-order valence-corrected chi connectivity index (χ1v) is 16.7. The second-order valence-corrected chi connectivity index (χ2v) is 12.8. The van der Waals surface area contributed by atoms with Gasteiger partial charge in [0.2, 0.25) is 0 Å². The third-order valence-corrected chi connectivity index (χ3v) is 9.63. The molecule has 2 aliphatic carbocycles. The van der Waals surface area contributed by atoms with Gasteiger partial charge in [-0.1, -0.05) is 61.1 Å². The first-order chi connectivity index (χ1) is 21.1. The first kappa shape index (κ1) is 32.4. The van der Waals surface area contributed by atoms with Crippen molar-refractivity contribution < 1.29 is 28.8 Å². The standard InChI is InChI=1S/C37H52O6/c1-3-4-12-27(2)34(42-36-15-8-10-19-40-36)18-17-32-33-22-29(31(24-38)26-39-25-28-13-6-5-7-14-28)21-30(33)23-35(32)43-37-16-9-11-20-41-37/h5-7,13-14,17-18,22,27,30-38H,8-12,15-16,19-21,23-26H2,1-2H3/b18-17+/t27?,30-,31?,32+,33-,34+,35+,36?,37?/m0/s1. The number of allylic oxidation sites excluding steroid dienone is 1. The minimum atomic E-state index is -0.154. The van der Waals surface area contributed by atoms with Gasteiger partial charge in [0.1, 0.15) is 0 Å². The van der Waals surface area contributed by atoms with Crippen LogP contribution in [0.3, 0.4) is 0 Å². The molecule has 0 amide bonds. The van der Waals surface area contributed by atoms with E-state index >= 15 is 0 Å². The van der Waals surface area contributed by atoms with E-state index in [2.05, 4.69) is 49.1 Å². The van der Waals surface area contributed by atoms with Crippen molar-refractivity contribution in [1.82, 2.24) is 0 Å². The lowest BCUT2D eigenvalue weighted by molar-refractivity contribution is -0.193. The van der Waals surface area contributed by atoms with Gasteiger partial charge in [0.05, 0.1) is 32.0 Å². The van der Waals surface area contributed by atoms with Gasteiger partial charge in [-0.3, -0.25) is 0 Å². The summed E-state index contributed by atoms with van der Waals surface area (Å²) in [4.78, 5) is 0. The molecular weight excluding hydrogens is 540 g/mol. The highest BCUT2D eigenvalue weighted by molar-refractivity contribution is 5.24. The van der Waals surface area contributed by atoms with Crippen LogP contribution in [0.4, 0.5) is 0 Å². The SMILES string of the molecule is CC#CCC(C)[C@@H](/C=C/[C@@H]1[C@H]2C=C(C(CO)COCc3ccccc3)C[C@H]2C[C@H]1OC1CCCCO1)OC1CCCCO1. The van der Waals surface area contributed by atoms with Crippen molar-refractivity contribution in [1.29, 1.82) is 0 Å². The molecule has 43 heavy (non-hydrogen) atoms. The van der Waals surface area contributed by atoms with E-state index in [-0.39, 0.29) is 49.1 Å². The predicted octanol–water partition coefficient (Wildman–Crippen LogP) is 6.82. The van der Waals surface area contributed by atoms with Gasteiger partial charge in [-0.15, -0.1) is 11.8 Å². The van der Waals surface area contributed by atoms with Crippen LogP contribution in [0, 0.1) is 41.4 Å². The zero-order valence-electron chi connectivity index (χ0n) is 26.2. The van der Waals surface area contributed by atoms with Gasteiger partial charge in [-0.05, 0) is 81.6 Å². The average molecular weight is 593 g/mol. The number of rotatable bonds is 14. The summed E-state index contributed by atoms with van der Waals surface area (Å²) >= 11 is 0. The van der Waals surface area contributed by atoms with Gasteiger partial charge >= 0.3 is 0 Å². The lowest BCUT2D eigenvalue weighted by Crippen LogP contribution is -2.32. The molecule has 1 aromatic carbocycles.